The van der Waals surface area contributed by atoms with Gasteiger partial charge in [0.2, 0.25) is 5.88 Å². The molecule has 1 heterocycles. The topological polar surface area (TPSA) is 69.7 Å². The van der Waals surface area contributed by atoms with E-state index >= 15 is 0 Å². The van der Waals surface area contributed by atoms with Crippen molar-refractivity contribution in [1.29, 1.82) is 0 Å². The van der Waals surface area contributed by atoms with E-state index in [1.807, 2.05) is 12.1 Å². The van der Waals surface area contributed by atoms with E-state index in [1.54, 1.807) is 38.6 Å². The molecule has 0 unspecified atom stereocenters. The molecule has 0 bridgehead atoms. The summed E-state index contributed by atoms with van der Waals surface area (Å²) in [4.78, 5) is 16.2. The van der Waals surface area contributed by atoms with Crippen LogP contribution in [0.1, 0.15) is 15.9 Å². The average molecular weight is 302 g/mol. The second-order valence-electron chi connectivity index (χ2n) is 4.43. The largest absolute Gasteiger partial charge is 0.493 e. The number of nitrogens with one attached hydrogen (secondary N) is 1. The van der Waals surface area contributed by atoms with Crippen molar-refractivity contribution in [2.24, 2.45) is 0 Å². The first-order valence-corrected chi connectivity index (χ1v) is 6.67. The van der Waals surface area contributed by atoms with Crippen LogP contribution >= 0.6 is 0 Å². The van der Waals surface area contributed by atoms with E-state index < -0.39 is 0 Å². The first-order chi connectivity index (χ1) is 10.7. The number of rotatable bonds is 6. The van der Waals surface area contributed by atoms with Crippen molar-refractivity contribution in [1.82, 2.24) is 10.3 Å². The van der Waals surface area contributed by atoms with Gasteiger partial charge in [0.05, 0.1) is 21.3 Å². The van der Waals surface area contributed by atoms with Crippen LogP contribution in [0.3, 0.4) is 0 Å². The Kier molecular flexibility index (Phi) is 5.19. The molecule has 0 radical (unpaired) electrons. The first-order valence-electron chi connectivity index (χ1n) is 6.67. The molecule has 0 aliphatic heterocycles. The maximum atomic E-state index is 12.2. The summed E-state index contributed by atoms with van der Waals surface area (Å²) in [5, 5.41) is 2.82. The van der Waals surface area contributed by atoms with Crippen molar-refractivity contribution in [3.05, 3.63) is 47.7 Å². The minimum Gasteiger partial charge on any atom is -0.493 e. The second kappa shape index (κ2) is 7.31. The smallest absolute Gasteiger partial charge is 0.257 e. The van der Waals surface area contributed by atoms with E-state index in [9.17, 15) is 4.79 Å². The van der Waals surface area contributed by atoms with Crippen LogP contribution < -0.4 is 19.5 Å². The van der Waals surface area contributed by atoms with E-state index in [4.69, 9.17) is 14.2 Å². The van der Waals surface area contributed by atoms with Crippen LogP contribution in [0.2, 0.25) is 0 Å². The summed E-state index contributed by atoms with van der Waals surface area (Å²) in [7, 11) is 4.63. The molecule has 0 spiro atoms. The Hall–Kier alpha value is -2.76. The number of nitrogens with zero attached hydrogens (tertiary/aromatic N) is 1. The normalized spacial score (nSPS) is 9.95. The lowest BCUT2D eigenvalue weighted by Crippen LogP contribution is -2.23. The molecular weight excluding hydrogens is 284 g/mol. The Morgan fingerprint density at radius 1 is 1.09 bits per heavy atom. The van der Waals surface area contributed by atoms with Crippen LogP contribution in [-0.2, 0) is 6.54 Å². The quantitative estimate of drug-likeness (QED) is 0.884. The molecule has 0 aliphatic carbocycles. The summed E-state index contributed by atoms with van der Waals surface area (Å²) in [6.07, 6.45) is 1.57. The molecule has 0 aliphatic rings. The van der Waals surface area contributed by atoms with E-state index in [0.717, 1.165) is 5.56 Å². The highest BCUT2D eigenvalue weighted by Crippen LogP contribution is 2.27. The number of carbonyl (C=O) groups is 1. The zero-order chi connectivity index (χ0) is 15.9. The van der Waals surface area contributed by atoms with Gasteiger partial charge in [0.1, 0.15) is 5.56 Å². The Balaban J connectivity index is 2.08. The van der Waals surface area contributed by atoms with Crippen LogP contribution in [0.25, 0.3) is 0 Å². The SMILES string of the molecule is COc1ccc(CNC(=O)c2cccnc2OC)cc1OC. The minimum absolute atomic E-state index is 0.250. The molecule has 1 amide bonds. The molecule has 0 fully saturated rings. The van der Waals surface area contributed by atoms with E-state index in [2.05, 4.69) is 10.3 Å². The second-order valence-corrected chi connectivity index (χ2v) is 4.43. The molecule has 1 N–H and O–H groups in total. The zero-order valence-electron chi connectivity index (χ0n) is 12.8. The number of hydrogen-bond acceptors (Lipinski definition) is 5. The number of carbonyl (C=O) groups excluding carboxylic acids is 1. The minimum atomic E-state index is -0.250. The number of methoxy groups -OCH3 is 3. The van der Waals surface area contributed by atoms with Crippen LogP contribution in [0.4, 0.5) is 0 Å². The average Bonchev–Trinajstić information content (AvgIpc) is 2.59. The highest BCUT2D eigenvalue weighted by Gasteiger charge is 2.12. The summed E-state index contributed by atoms with van der Waals surface area (Å²) in [6, 6.07) is 8.83. The van der Waals surface area contributed by atoms with Gasteiger partial charge in [-0.05, 0) is 29.8 Å². The number of pyridine rings is 1. The maximum absolute atomic E-state index is 12.2. The summed E-state index contributed by atoms with van der Waals surface area (Å²) in [5.41, 5.74) is 1.29. The Morgan fingerprint density at radius 2 is 1.86 bits per heavy atom. The lowest BCUT2D eigenvalue weighted by Gasteiger charge is -2.11. The van der Waals surface area contributed by atoms with Gasteiger partial charge in [-0.3, -0.25) is 4.79 Å². The molecule has 0 saturated heterocycles. The monoisotopic (exact) mass is 302 g/mol. The van der Waals surface area contributed by atoms with Gasteiger partial charge in [-0.15, -0.1) is 0 Å². The van der Waals surface area contributed by atoms with Crippen LogP contribution in [0.15, 0.2) is 36.5 Å². The zero-order valence-corrected chi connectivity index (χ0v) is 12.8. The first kappa shape index (κ1) is 15.6. The van der Waals surface area contributed by atoms with Crippen LogP contribution in [0.5, 0.6) is 17.4 Å². The molecule has 6 nitrogen and oxygen atoms in total. The number of hydrogen-bond donors (Lipinski definition) is 1. The summed E-state index contributed by atoms with van der Waals surface area (Å²) in [5.74, 6) is 1.31. The van der Waals surface area contributed by atoms with Crippen molar-refractivity contribution in [2.45, 2.75) is 6.54 Å². The van der Waals surface area contributed by atoms with Gasteiger partial charge >= 0.3 is 0 Å². The van der Waals surface area contributed by atoms with Gasteiger partial charge in [0.15, 0.2) is 11.5 Å². The molecule has 6 heteroatoms. The Morgan fingerprint density at radius 3 is 2.55 bits per heavy atom. The summed E-state index contributed by atoms with van der Waals surface area (Å²) < 4.78 is 15.5. The third kappa shape index (κ3) is 3.46. The lowest BCUT2D eigenvalue weighted by molar-refractivity contribution is 0.0947. The van der Waals surface area contributed by atoms with Gasteiger partial charge in [-0.25, -0.2) is 4.98 Å². The predicted octanol–water partition coefficient (Wildman–Crippen LogP) is 2.04. The molecule has 0 atom stereocenters. The van der Waals surface area contributed by atoms with Gasteiger partial charge in [0, 0.05) is 12.7 Å². The molecule has 1 aromatic carbocycles. The van der Waals surface area contributed by atoms with E-state index in [-0.39, 0.29) is 5.91 Å². The maximum Gasteiger partial charge on any atom is 0.257 e. The molecule has 22 heavy (non-hydrogen) atoms. The summed E-state index contributed by atoms with van der Waals surface area (Å²) in [6.45, 7) is 0.358. The lowest BCUT2D eigenvalue weighted by atomic mass is 10.2. The standard InChI is InChI=1S/C16H18N2O4/c1-20-13-7-6-11(9-14(13)21-2)10-18-15(19)12-5-4-8-17-16(12)22-3/h4-9H,10H2,1-3H3,(H,18,19). The fraction of sp³-hybridized carbons (Fsp3) is 0.250. The van der Waals surface area contributed by atoms with Gasteiger partial charge < -0.3 is 19.5 Å². The Bertz CT molecular complexity index is 658. The van der Waals surface area contributed by atoms with Gasteiger partial charge in [-0.2, -0.15) is 0 Å². The molecule has 2 aromatic rings. The van der Waals surface area contributed by atoms with Gasteiger partial charge in [0.25, 0.3) is 5.91 Å². The van der Waals surface area contributed by atoms with Crippen LogP contribution in [0, 0.1) is 0 Å². The van der Waals surface area contributed by atoms with E-state index in [1.165, 1.54) is 7.11 Å². The highest BCUT2D eigenvalue weighted by atomic mass is 16.5. The van der Waals surface area contributed by atoms with Gasteiger partial charge in [-0.1, -0.05) is 6.07 Å². The third-order valence-electron chi connectivity index (χ3n) is 3.11. The predicted molar refractivity (Wildman–Crippen MR) is 81.5 cm³/mol. The van der Waals surface area contributed by atoms with Crippen molar-refractivity contribution in [2.75, 3.05) is 21.3 Å². The van der Waals surface area contributed by atoms with Crippen molar-refractivity contribution < 1.29 is 19.0 Å². The summed E-state index contributed by atoms with van der Waals surface area (Å²) >= 11 is 0. The van der Waals surface area contributed by atoms with Crippen molar-refractivity contribution in [3.63, 3.8) is 0 Å². The number of amides is 1. The third-order valence-corrected chi connectivity index (χ3v) is 3.11. The molecular formula is C16H18N2O4. The molecule has 1 aromatic heterocycles. The molecule has 116 valence electrons. The number of benzene rings is 1. The number of aromatic nitrogens is 1. The van der Waals surface area contributed by atoms with Crippen molar-refractivity contribution in [3.8, 4) is 17.4 Å². The molecule has 2 rings (SSSR count). The van der Waals surface area contributed by atoms with Crippen molar-refractivity contribution >= 4 is 5.91 Å². The Labute approximate surface area is 129 Å². The molecule has 0 saturated carbocycles. The highest BCUT2D eigenvalue weighted by molar-refractivity contribution is 5.96. The fourth-order valence-corrected chi connectivity index (χ4v) is 1.99. The number of ether oxygens (including phenoxy) is 3. The van der Waals surface area contributed by atoms with E-state index in [0.29, 0.717) is 29.5 Å². The fourth-order valence-electron chi connectivity index (χ4n) is 1.99. The van der Waals surface area contributed by atoms with Crippen LogP contribution in [-0.4, -0.2) is 32.2 Å².